The summed E-state index contributed by atoms with van der Waals surface area (Å²) in [5.41, 5.74) is 2.30. The number of benzene rings is 1. The van der Waals surface area contributed by atoms with Crippen molar-refractivity contribution in [3.63, 3.8) is 0 Å². The van der Waals surface area contributed by atoms with Crippen molar-refractivity contribution in [2.24, 2.45) is 5.41 Å². The van der Waals surface area contributed by atoms with Crippen LogP contribution in [0.25, 0.3) is 11.4 Å². The molecule has 0 amide bonds. The van der Waals surface area contributed by atoms with E-state index in [0.717, 1.165) is 23.4 Å². The molecule has 21 heavy (non-hydrogen) atoms. The molecular formula is C17H18N2O2. The number of ether oxygens (including phenoxy) is 1. The maximum atomic E-state index is 12.2. The van der Waals surface area contributed by atoms with Crippen molar-refractivity contribution in [1.82, 2.24) is 9.97 Å². The van der Waals surface area contributed by atoms with Crippen LogP contribution in [-0.2, 0) is 6.42 Å². The number of hydrogen-bond donors (Lipinski definition) is 0. The molecular weight excluding hydrogens is 264 g/mol. The lowest BCUT2D eigenvalue weighted by atomic mass is 9.76. The van der Waals surface area contributed by atoms with Crippen molar-refractivity contribution < 1.29 is 9.53 Å². The Kier molecular flexibility index (Phi) is 3.24. The van der Waals surface area contributed by atoms with Gasteiger partial charge in [-0.1, -0.05) is 26.0 Å². The maximum Gasteiger partial charge on any atom is 0.166 e. The molecule has 4 nitrogen and oxygen atoms in total. The third kappa shape index (κ3) is 2.53. The van der Waals surface area contributed by atoms with Gasteiger partial charge in [-0.2, -0.15) is 0 Å². The predicted molar refractivity (Wildman–Crippen MR) is 80.5 cm³/mol. The zero-order valence-electron chi connectivity index (χ0n) is 12.5. The van der Waals surface area contributed by atoms with Crippen LogP contribution in [0.1, 0.15) is 36.3 Å². The fourth-order valence-corrected chi connectivity index (χ4v) is 2.79. The Morgan fingerprint density at radius 2 is 1.90 bits per heavy atom. The smallest absolute Gasteiger partial charge is 0.166 e. The first-order valence-electron chi connectivity index (χ1n) is 7.03. The van der Waals surface area contributed by atoms with Crippen LogP contribution in [0, 0.1) is 5.41 Å². The first kappa shape index (κ1) is 13.7. The molecule has 1 aromatic heterocycles. The number of carbonyl (C=O) groups excluding carboxylic acids is 1. The number of carbonyl (C=O) groups is 1. The molecule has 0 saturated heterocycles. The van der Waals surface area contributed by atoms with E-state index in [0.29, 0.717) is 17.8 Å². The SMILES string of the molecule is COc1ccccc1-c1ncc2c(n1)CC(C)(C)CC2=O. The first-order chi connectivity index (χ1) is 10.00. The second kappa shape index (κ2) is 4.95. The highest BCUT2D eigenvalue weighted by molar-refractivity contribution is 5.98. The second-order valence-corrected chi connectivity index (χ2v) is 6.20. The van der Waals surface area contributed by atoms with Gasteiger partial charge in [-0.25, -0.2) is 9.97 Å². The van der Waals surface area contributed by atoms with Crippen molar-refractivity contribution in [3.8, 4) is 17.1 Å². The largest absolute Gasteiger partial charge is 0.496 e. The van der Waals surface area contributed by atoms with Gasteiger partial charge in [-0.15, -0.1) is 0 Å². The number of fused-ring (bicyclic) bond motifs is 1. The maximum absolute atomic E-state index is 12.2. The standard InChI is InChI=1S/C17H18N2O2/c1-17(2)8-13-12(14(20)9-17)10-18-16(19-13)11-6-4-5-7-15(11)21-3/h4-7,10H,8-9H2,1-3H3. The van der Waals surface area contributed by atoms with Crippen LogP contribution in [0.5, 0.6) is 5.75 Å². The monoisotopic (exact) mass is 282 g/mol. The minimum atomic E-state index is -0.0452. The van der Waals surface area contributed by atoms with E-state index >= 15 is 0 Å². The van der Waals surface area contributed by atoms with Crippen LogP contribution in [0.2, 0.25) is 0 Å². The van der Waals surface area contributed by atoms with E-state index in [1.54, 1.807) is 13.3 Å². The van der Waals surface area contributed by atoms with Gasteiger partial charge in [0.05, 0.1) is 23.9 Å². The summed E-state index contributed by atoms with van der Waals surface area (Å²) in [6.45, 7) is 4.19. The lowest BCUT2D eigenvalue weighted by Crippen LogP contribution is -2.28. The summed E-state index contributed by atoms with van der Waals surface area (Å²) < 4.78 is 5.36. The summed E-state index contributed by atoms with van der Waals surface area (Å²) >= 11 is 0. The van der Waals surface area contributed by atoms with Crippen molar-refractivity contribution in [3.05, 3.63) is 41.7 Å². The molecule has 1 aromatic carbocycles. The number of Topliss-reactive ketones (excluding diaryl/α,β-unsaturated/α-hetero) is 1. The van der Waals surface area contributed by atoms with E-state index in [1.807, 2.05) is 24.3 Å². The van der Waals surface area contributed by atoms with E-state index in [9.17, 15) is 4.79 Å². The van der Waals surface area contributed by atoms with Gasteiger partial charge in [-0.3, -0.25) is 4.79 Å². The summed E-state index contributed by atoms with van der Waals surface area (Å²) in [6.07, 6.45) is 3.00. The number of para-hydroxylation sites is 1. The van der Waals surface area contributed by atoms with E-state index < -0.39 is 0 Å². The van der Waals surface area contributed by atoms with Crippen LogP contribution < -0.4 is 4.74 Å². The molecule has 108 valence electrons. The van der Waals surface area contributed by atoms with E-state index in [2.05, 4.69) is 23.8 Å². The van der Waals surface area contributed by atoms with Gasteiger partial charge in [-0.05, 0) is 24.0 Å². The Morgan fingerprint density at radius 1 is 1.14 bits per heavy atom. The predicted octanol–water partition coefficient (Wildman–Crippen LogP) is 3.31. The normalized spacial score (nSPS) is 16.4. The van der Waals surface area contributed by atoms with Gasteiger partial charge >= 0.3 is 0 Å². The van der Waals surface area contributed by atoms with Gasteiger partial charge in [0.2, 0.25) is 0 Å². The lowest BCUT2D eigenvalue weighted by molar-refractivity contribution is 0.0910. The molecule has 0 fully saturated rings. The Labute approximate surface area is 124 Å². The molecule has 1 aliphatic rings. The fraction of sp³-hybridized carbons (Fsp3) is 0.353. The fourth-order valence-electron chi connectivity index (χ4n) is 2.79. The zero-order valence-corrected chi connectivity index (χ0v) is 12.5. The Balaban J connectivity index is 2.10. The van der Waals surface area contributed by atoms with Crippen LogP contribution in [0.4, 0.5) is 0 Å². The third-order valence-electron chi connectivity index (χ3n) is 3.80. The molecule has 0 bridgehead atoms. The molecule has 0 unspecified atom stereocenters. The highest BCUT2D eigenvalue weighted by Gasteiger charge is 2.32. The van der Waals surface area contributed by atoms with Gasteiger partial charge in [0.25, 0.3) is 0 Å². The number of methoxy groups -OCH3 is 1. The molecule has 0 N–H and O–H groups in total. The Bertz CT molecular complexity index is 708. The van der Waals surface area contributed by atoms with Crippen LogP contribution in [0.15, 0.2) is 30.5 Å². The number of nitrogens with zero attached hydrogens (tertiary/aromatic N) is 2. The van der Waals surface area contributed by atoms with Gasteiger partial charge in [0, 0.05) is 12.6 Å². The summed E-state index contributed by atoms with van der Waals surface area (Å²) in [5, 5.41) is 0. The van der Waals surface area contributed by atoms with E-state index in [4.69, 9.17) is 4.74 Å². The number of rotatable bonds is 2. The average Bonchev–Trinajstić information content (AvgIpc) is 2.45. The molecule has 1 aliphatic carbocycles. The summed E-state index contributed by atoms with van der Waals surface area (Å²) in [6, 6.07) is 7.65. The van der Waals surface area contributed by atoms with Gasteiger partial charge in [0.15, 0.2) is 11.6 Å². The minimum Gasteiger partial charge on any atom is -0.496 e. The molecule has 2 aromatic rings. The van der Waals surface area contributed by atoms with Crippen LogP contribution in [-0.4, -0.2) is 22.9 Å². The second-order valence-electron chi connectivity index (χ2n) is 6.20. The lowest BCUT2D eigenvalue weighted by Gasteiger charge is -2.29. The number of ketones is 1. The van der Waals surface area contributed by atoms with E-state index in [-0.39, 0.29) is 11.2 Å². The number of aromatic nitrogens is 2. The molecule has 0 atom stereocenters. The van der Waals surface area contributed by atoms with Crippen LogP contribution in [0.3, 0.4) is 0 Å². The summed E-state index contributed by atoms with van der Waals surface area (Å²) in [4.78, 5) is 21.2. The molecule has 3 rings (SSSR count). The Morgan fingerprint density at radius 3 is 2.67 bits per heavy atom. The first-order valence-corrected chi connectivity index (χ1v) is 7.03. The Hall–Kier alpha value is -2.23. The topological polar surface area (TPSA) is 52.1 Å². The number of hydrogen-bond acceptors (Lipinski definition) is 4. The molecule has 0 spiro atoms. The van der Waals surface area contributed by atoms with Crippen molar-refractivity contribution in [2.75, 3.05) is 7.11 Å². The molecule has 0 radical (unpaired) electrons. The molecule has 0 aliphatic heterocycles. The zero-order chi connectivity index (χ0) is 15.0. The average molecular weight is 282 g/mol. The minimum absolute atomic E-state index is 0.0452. The van der Waals surface area contributed by atoms with Crippen molar-refractivity contribution >= 4 is 5.78 Å². The van der Waals surface area contributed by atoms with Crippen molar-refractivity contribution in [1.29, 1.82) is 0 Å². The summed E-state index contributed by atoms with van der Waals surface area (Å²) in [7, 11) is 1.63. The molecule has 4 heteroatoms. The molecule has 0 saturated carbocycles. The summed E-state index contributed by atoms with van der Waals surface area (Å²) in [5.74, 6) is 1.48. The highest BCUT2D eigenvalue weighted by atomic mass is 16.5. The highest BCUT2D eigenvalue weighted by Crippen LogP contribution is 2.35. The van der Waals surface area contributed by atoms with Crippen molar-refractivity contribution in [2.45, 2.75) is 26.7 Å². The van der Waals surface area contributed by atoms with Gasteiger partial charge in [0.1, 0.15) is 5.75 Å². The third-order valence-corrected chi connectivity index (χ3v) is 3.80. The van der Waals surface area contributed by atoms with Crippen LogP contribution >= 0.6 is 0 Å². The van der Waals surface area contributed by atoms with Gasteiger partial charge < -0.3 is 4.74 Å². The quantitative estimate of drug-likeness (QED) is 0.848. The molecule has 1 heterocycles. The van der Waals surface area contributed by atoms with E-state index in [1.165, 1.54) is 0 Å².